The van der Waals surface area contributed by atoms with E-state index in [1.165, 1.54) is 12.1 Å². The maximum Gasteiger partial charge on any atom is 0.208 e. The molecular formula is C16H21FN2O3. The fourth-order valence-corrected chi connectivity index (χ4v) is 2.23. The SMILES string of the molecule is COCC(C)(CCO)NCc1ncc(-c2cccc(F)c2)o1. The van der Waals surface area contributed by atoms with Crippen LogP contribution in [0.1, 0.15) is 19.2 Å². The van der Waals surface area contributed by atoms with E-state index in [2.05, 4.69) is 10.3 Å². The summed E-state index contributed by atoms with van der Waals surface area (Å²) in [5.74, 6) is 0.704. The molecule has 0 spiro atoms. The fraction of sp³-hybridized carbons (Fsp3) is 0.438. The van der Waals surface area contributed by atoms with E-state index in [-0.39, 0.29) is 18.0 Å². The zero-order valence-electron chi connectivity index (χ0n) is 12.8. The normalized spacial score (nSPS) is 14.0. The zero-order valence-corrected chi connectivity index (χ0v) is 12.8. The molecule has 1 heterocycles. The molecule has 0 amide bonds. The number of oxazole rings is 1. The Labute approximate surface area is 129 Å². The molecule has 5 nitrogen and oxygen atoms in total. The topological polar surface area (TPSA) is 67.5 Å². The summed E-state index contributed by atoms with van der Waals surface area (Å²) in [5, 5.41) is 12.4. The van der Waals surface area contributed by atoms with Crippen molar-refractivity contribution in [2.75, 3.05) is 20.3 Å². The molecule has 1 aromatic heterocycles. The van der Waals surface area contributed by atoms with Crippen LogP contribution < -0.4 is 5.32 Å². The molecule has 0 aliphatic rings. The van der Waals surface area contributed by atoms with Gasteiger partial charge in [0, 0.05) is 24.8 Å². The van der Waals surface area contributed by atoms with Gasteiger partial charge in [0.25, 0.3) is 0 Å². The lowest BCUT2D eigenvalue weighted by Crippen LogP contribution is -2.46. The number of methoxy groups -OCH3 is 1. The maximum atomic E-state index is 13.2. The van der Waals surface area contributed by atoms with Crippen LogP contribution in [0.4, 0.5) is 4.39 Å². The molecule has 6 heteroatoms. The van der Waals surface area contributed by atoms with Gasteiger partial charge in [0.1, 0.15) is 5.82 Å². The highest BCUT2D eigenvalue weighted by molar-refractivity contribution is 5.56. The lowest BCUT2D eigenvalue weighted by atomic mass is 9.99. The minimum Gasteiger partial charge on any atom is -0.439 e. The second kappa shape index (κ2) is 7.49. The lowest BCUT2D eigenvalue weighted by Gasteiger charge is -2.29. The molecule has 0 radical (unpaired) electrons. The summed E-state index contributed by atoms with van der Waals surface area (Å²) in [6.45, 7) is 2.89. The fourth-order valence-electron chi connectivity index (χ4n) is 2.23. The summed E-state index contributed by atoms with van der Waals surface area (Å²) in [5.41, 5.74) is 0.283. The van der Waals surface area contributed by atoms with Crippen LogP contribution in [0.3, 0.4) is 0 Å². The number of aromatic nitrogens is 1. The van der Waals surface area contributed by atoms with Gasteiger partial charge in [0.05, 0.1) is 19.3 Å². The Balaban J connectivity index is 2.03. The molecule has 1 atom stereocenters. The summed E-state index contributed by atoms with van der Waals surface area (Å²) in [7, 11) is 1.62. The summed E-state index contributed by atoms with van der Waals surface area (Å²) in [6, 6.07) is 6.18. The lowest BCUT2D eigenvalue weighted by molar-refractivity contribution is 0.0953. The maximum absolute atomic E-state index is 13.2. The number of benzene rings is 1. The molecule has 0 aliphatic carbocycles. The molecular weight excluding hydrogens is 287 g/mol. The van der Waals surface area contributed by atoms with Crippen LogP contribution in [-0.2, 0) is 11.3 Å². The van der Waals surface area contributed by atoms with E-state index >= 15 is 0 Å². The molecule has 0 saturated heterocycles. The summed E-state index contributed by atoms with van der Waals surface area (Å²) < 4.78 is 24.0. The van der Waals surface area contributed by atoms with Crippen molar-refractivity contribution < 1.29 is 18.7 Å². The highest BCUT2D eigenvalue weighted by Gasteiger charge is 2.23. The van der Waals surface area contributed by atoms with Crippen LogP contribution in [0, 0.1) is 5.82 Å². The van der Waals surface area contributed by atoms with Crippen molar-refractivity contribution in [2.24, 2.45) is 0 Å². The molecule has 2 aromatic rings. The van der Waals surface area contributed by atoms with Crippen molar-refractivity contribution in [3.05, 3.63) is 42.2 Å². The van der Waals surface area contributed by atoms with Crippen LogP contribution in [0.5, 0.6) is 0 Å². The first kappa shape index (κ1) is 16.6. The number of hydrogen-bond acceptors (Lipinski definition) is 5. The van der Waals surface area contributed by atoms with Gasteiger partial charge < -0.3 is 19.6 Å². The Morgan fingerprint density at radius 2 is 2.27 bits per heavy atom. The molecule has 2 N–H and O–H groups in total. The predicted molar refractivity (Wildman–Crippen MR) is 80.7 cm³/mol. The number of rotatable bonds is 8. The highest BCUT2D eigenvalue weighted by Crippen LogP contribution is 2.21. The molecule has 1 unspecified atom stereocenters. The molecule has 22 heavy (non-hydrogen) atoms. The van der Waals surface area contributed by atoms with Gasteiger partial charge in [-0.2, -0.15) is 0 Å². The Bertz CT molecular complexity index is 595. The van der Waals surface area contributed by atoms with Crippen LogP contribution >= 0.6 is 0 Å². The van der Waals surface area contributed by atoms with Crippen molar-refractivity contribution in [3.63, 3.8) is 0 Å². The van der Waals surface area contributed by atoms with Crippen LogP contribution in [0.25, 0.3) is 11.3 Å². The van der Waals surface area contributed by atoms with Gasteiger partial charge in [-0.05, 0) is 25.5 Å². The summed E-state index contributed by atoms with van der Waals surface area (Å²) in [6.07, 6.45) is 2.13. The second-order valence-electron chi connectivity index (χ2n) is 5.45. The summed E-state index contributed by atoms with van der Waals surface area (Å²) in [4.78, 5) is 4.19. The Morgan fingerprint density at radius 3 is 2.95 bits per heavy atom. The van der Waals surface area contributed by atoms with Crippen molar-refractivity contribution in [1.29, 1.82) is 0 Å². The van der Waals surface area contributed by atoms with Gasteiger partial charge in [0.15, 0.2) is 5.76 Å². The van der Waals surface area contributed by atoms with E-state index in [1.54, 1.807) is 25.4 Å². The van der Waals surface area contributed by atoms with Crippen molar-refractivity contribution >= 4 is 0 Å². The van der Waals surface area contributed by atoms with E-state index < -0.39 is 0 Å². The number of nitrogens with zero attached hydrogens (tertiary/aromatic N) is 1. The average molecular weight is 308 g/mol. The molecule has 0 aliphatic heterocycles. The average Bonchev–Trinajstić information content (AvgIpc) is 2.95. The third-order valence-electron chi connectivity index (χ3n) is 3.46. The Kier molecular flexibility index (Phi) is 5.65. The molecule has 0 saturated carbocycles. The van der Waals surface area contributed by atoms with Gasteiger partial charge in [0.2, 0.25) is 5.89 Å². The minimum atomic E-state index is -0.364. The monoisotopic (exact) mass is 308 g/mol. The predicted octanol–water partition coefficient (Wildman–Crippen LogP) is 2.36. The second-order valence-corrected chi connectivity index (χ2v) is 5.45. The van der Waals surface area contributed by atoms with Gasteiger partial charge in [-0.1, -0.05) is 12.1 Å². The number of hydrogen-bond donors (Lipinski definition) is 2. The third-order valence-corrected chi connectivity index (χ3v) is 3.46. The van der Waals surface area contributed by atoms with Crippen LogP contribution in [0.15, 0.2) is 34.9 Å². The molecule has 0 fully saturated rings. The van der Waals surface area contributed by atoms with Gasteiger partial charge in [-0.15, -0.1) is 0 Å². The number of nitrogens with one attached hydrogen (secondary N) is 1. The van der Waals surface area contributed by atoms with E-state index in [0.29, 0.717) is 36.8 Å². The molecule has 0 bridgehead atoms. The highest BCUT2D eigenvalue weighted by atomic mass is 19.1. The van der Waals surface area contributed by atoms with Gasteiger partial charge in [-0.3, -0.25) is 0 Å². The third kappa shape index (κ3) is 4.37. The quantitative estimate of drug-likeness (QED) is 0.783. The smallest absolute Gasteiger partial charge is 0.208 e. The Hall–Kier alpha value is -1.76. The first-order valence-corrected chi connectivity index (χ1v) is 7.12. The minimum absolute atomic E-state index is 0.0625. The summed E-state index contributed by atoms with van der Waals surface area (Å²) >= 11 is 0. The van der Waals surface area contributed by atoms with E-state index in [9.17, 15) is 4.39 Å². The first-order chi connectivity index (χ1) is 10.6. The standard InChI is InChI=1S/C16H21FN2O3/c1-16(6-7-20,11-21-2)19-10-15-18-9-14(22-15)12-4-3-5-13(17)8-12/h3-5,8-9,19-20H,6-7,10-11H2,1-2H3. The van der Waals surface area contributed by atoms with Gasteiger partial charge in [-0.25, -0.2) is 9.37 Å². The van der Waals surface area contributed by atoms with E-state index in [1.807, 2.05) is 6.92 Å². The molecule has 1 aromatic carbocycles. The molecule has 120 valence electrons. The Morgan fingerprint density at radius 1 is 1.45 bits per heavy atom. The van der Waals surface area contributed by atoms with Gasteiger partial charge >= 0.3 is 0 Å². The van der Waals surface area contributed by atoms with E-state index in [4.69, 9.17) is 14.3 Å². The number of ether oxygens (including phenoxy) is 1. The van der Waals surface area contributed by atoms with Crippen LogP contribution in [0.2, 0.25) is 0 Å². The van der Waals surface area contributed by atoms with Crippen molar-refractivity contribution in [3.8, 4) is 11.3 Å². The number of aliphatic hydroxyl groups is 1. The zero-order chi connectivity index (χ0) is 16.0. The first-order valence-electron chi connectivity index (χ1n) is 7.12. The molecule has 2 rings (SSSR count). The number of halogens is 1. The van der Waals surface area contributed by atoms with E-state index in [0.717, 1.165) is 0 Å². The largest absolute Gasteiger partial charge is 0.439 e. The van der Waals surface area contributed by atoms with Crippen molar-refractivity contribution in [1.82, 2.24) is 10.3 Å². The van der Waals surface area contributed by atoms with Crippen molar-refractivity contribution in [2.45, 2.75) is 25.4 Å². The number of aliphatic hydroxyl groups excluding tert-OH is 1. The van der Waals surface area contributed by atoms with Crippen LogP contribution in [-0.4, -0.2) is 36.0 Å².